The number of hydrogen-bond donors (Lipinski definition) is 1. The van der Waals surface area contributed by atoms with Crippen LogP contribution in [0.2, 0.25) is 0 Å². The van der Waals surface area contributed by atoms with Crippen molar-refractivity contribution in [3.05, 3.63) is 235 Å². The maximum absolute atomic E-state index is 9.09. The maximum Gasteiger partial charge on any atom is 0.0715 e. The molecule has 0 radical (unpaired) electrons. The Bertz CT molecular complexity index is 3050. The van der Waals surface area contributed by atoms with Crippen LogP contribution in [0.4, 0.5) is 0 Å². The number of fused-ring (bicyclic) bond motifs is 4. The molecule has 3 nitrogen and oxygen atoms in total. The van der Waals surface area contributed by atoms with Crippen molar-refractivity contribution in [3.63, 3.8) is 0 Å². The smallest absolute Gasteiger partial charge is 0.0715 e. The lowest BCUT2D eigenvalue weighted by Gasteiger charge is -2.15. The third kappa shape index (κ3) is 6.41. The van der Waals surface area contributed by atoms with Crippen molar-refractivity contribution in [2.45, 2.75) is 0 Å². The summed E-state index contributed by atoms with van der Waals surface area (Å²) in [6.45, 7) is 0. The Labute approximate surface area is 332 Å². The lowest BCUT2D eigenvalue weighted by molar-refractivity contribution is 1.18. The highest BCUT2D eigenvalue weighted by Crippen LogP contribution is 2.37. The topological polar surface area (TPSA) is 41.7 Å². The van der Waals surface area contributed by atoms with Gasteiger partial charge >= 0.3 is 0 Å². The van der Waals surface area contributed by atoms with E-state index in [1.165, 1.54) is 21.8 Å². The van der Waals surface area contributed by atoms with Crippen LogP contribution < -0.4 is 0 Å². The molecule has 0 aliphatic rings. The van der Waals surface area contributed by atoms with Crippen molar-refractivity contribution in [1.29, 1.82) is 5.41 Å². The van der Waals surface area contributed by atoms with Crippen molar-refractivity contribution in [2.24, 2.45) is 0 Å². The van der Waals surface area contributed by atoms with Crippen LogP contribution in [0.25, 0.3) is 77.5 Å². The normalized spacial score (nSPS) is 11.7. The molecule has 2 heterocycles. The molecule has 0 aliphatic carbocycles. The average Bonchev–Trinajstić information content (AvgIpc) is 3.63. The fourth-order valence-corrected chi connectivity index (χ4v) is 8.05. The molecule has 10 aromatic rings. The van der Waals surface area contributed by atoms with Crippen molar-refractivity contribution in [2.75, 3.05) is 0 Å². The molecule has 0 atom stereocenters. The van der Waals surface area contributed by atoms with Crippen LogP contribution >= 0.6 is 0 Å². The molecule has 0 bridgehead atoms. The van der Waals surface area contributed by atoms with Gasteiger partial charge in [-0.15, -0.1) is 0 Å². The van der Waals surface area contributed by atoms with Gasteiger partial charge in [0, 0.05) is 27.6 Å². The molecular formula is C54H37N3. The second-order valence-corrected chi connectivity index (χ2v) is 14.4. The fraction of sp³-hybridized carbons (Fsp3) is 0. The second kappa shape index (κ2) is 14.6. The van der Waals surface area contributed by atoms with Crippen LogP contribution in [0.3, 0.4) is 0 Å². The van der Waals surface area contributed by atoms with E-state index in [4.69, 9.17) is 10.4 Å². The monoisotopic (exact) mass is 727 g/mol. The minimum absolute atomic E-state index is 0.470. The Morgan fingerprint density at radius 1 is 0.421 bits per heavy atom. The van der Waals surface area contributed by atoms with Gasteiger partial charge in [0.1, 0.15) is 0 Å². The zero-order valence-corrected chi connectivity index (χ0v) is 31.2. The van der Waals surface area contributed by atoms with E-state index in [2.05, 4.69) is 174 Å². The number of benzene rings is 8. The summed E-state index contributed by atoms with van der Waals surface area (Å²) in [4.78, 5) is 5.26. The Morgan fingerprint density at radius 2 is 0.965 bits per heavy atom. The first-order chi connectivity index (χ1) is 28.2. The highest BCUT2D eigenvalue weighted by Gasteiger charge is 2.16. The molecule has 3 heteroatoms. The Kier molecular flexibility index (Phi) is 8.66. The first-order valence-corrected chi connectivity index (χ1v) is 19.3. The average molecular weight is 728 g/mol. The molecule has 10 rings (SSSR count). The molecular weight excluding hydrogens is 691 g/mol. The van der Waals surface area contributed by atoms with Gasteiger partial charge in [0.05, 0.1) is 28.1 Å². The van der Waals surface area contributed by atoms with Crippen LogP contribution in [-0.2, 0) is 0 Å². The van der Waals surface area contributed by atoms with Crippen molar-refractivity contribution in [1.82, 2.24) is 9.55 Å². The van der Waals surface area contributed by atoms with Gasteiger partial charge in [0.25, 0.3) is 0 Å². The summed E-state index contributed by atoms with van der Waals surface area (Å²) in [6.07, 6.45) is 2.01. The van der Waals surface area contributed by atoms with E-state index in [0.717, 1.165) is 72.4 Å². The highest BCUT2D eigenvalue weighted by atomic mass is 15.0. The molecule has 0 saturated carbocycles. The van der Waals surface area contributed by atoms with Gasteiger partial charge in [-0.3, -0.25) is 0 Å². The molecule has 0 fully saturated rings. The first kappa shape index (κ1) is 33.9. The molecule has 268 valence electrons. The number of rotatable bonds is 8. The van der Waals surface area contributed by atoms with Crippen LogP contribution in [-0.4, -0.2) is 15.3 Å². The van der Waals surface area contributed by atoms with E-state index in [-0.39, 0.29) is 0 Å². The second-order valence-electron chi connectivity index (χ2n) is 14.4. The predicted molar refractivity (Wildman–Crippen MR) is 239 cm³/mol. The summed E-state index contributed by atoms with van der Waals surface area (Å²) in [5.74, 6) is 0. The lowest BCUT2D eigenvalue weighted by atomic mass is 9.89. The van der Waals surface area contributed by atoms with Gasteiger partial charge in [-0.25, -0.2) is 4.98 Å². The number of pyridine rings is 1. The summed E-state index contributed by atoms with van der Waals surface area (Å²) >= 11 is 0. The molecule has 57 heavy (non-hydrogen) atoms. The standard InChI is InChI=1S/C54H37N3/c55-50(39-17-6-2-7-18-39)36-49(37-15-4-1-5-16-37)45-24-14-21-38-27-28-42(33-48(38)45)43-34-51(40-19-8-3-9-20-40)56-52(35-43)41-29-31-44(32-30-41)57-53-25-12-10-22-46(53)47-23-11-13-26-54(47)57/h1-36,55H/b49-36-,55-50?. The Hall–Kier alpha value is -7.62. The molecule has 2 aromatic heterocycles. The maximum atomic E-state index is 9.09. The summed E-state index contributed by atoms with van der Waals surface area (Å²) in [5.41, 5.74) is 14.1. The number of nitrogens with one attached hydrogen (secondary N) is 1. The van der Waals surface area contributed by atoms with Crippen LogP contribution in [0.5, 0.6) is 0 Å². The number of hydrogen-bond acceptors (Lipinski definition) is 2. The minimum atomic E-state index is 0.470. The van der Waals surface area contributed by atoms with Crippen LogP contribution in [0.1, 0.15) is 16.7 Å². The van der Waals surface area contributed by atoms with Gasteiger partial charge in [0.2, 0.25) is 0 Å². The molecule has 0 unspecified atom stereocenters. The summed E-state index contributed by atoms with van der Waals surface area (Å²) in [7, 11) is 0. The zero-order chi connectivity index (χ0) is 38.1. The number of nitrogens with zero attached hydrogens (tertiary/aromatic N) is 2. The summed E-state index contributed by atoms with van der Waals surface area (Å²) in [5, 5.41) is 13.9. The van der Waals surface area contributed by atoms with E-state index in [1.807, 2.05) is 48.5 Å². The summed E-state index contributed by atoms with van der Waals surface area (Å²) < 4.78 is 2.35. The number of aromatic nitrogens is 2. The van der Waals surface area contributed by atoms with Crippen molar-refractivity contribution < 1.29 is 0 Å². The molecule has 1 N–H and O–H groups in total. The summed E-state index contributed by atoms with van der Waals surface area (Å²) in [6, 6.07) is 74.4. The van der Waals surface area contributed by atoms with Crippen LogP contribution in [0.15, 0.2) is 218 Å². The molecule has 0 amide bonds. The Balaban J connectivity index is 1.10. The van der Waals surface area contributed by atoms with Gasteiger partial charge < -0.3 is 9.98 Å². The van der Waals surface area contributed by atoms with Crippen molar-refractivity contribution >= 4 is 43.9 Å². The molecule has 0 saturated heterocycles. The van der Waals surface area contributed by atoms with E-state index < -0.39 is 0 Å². The van der Waals surface area contributed by atoms with E-state index >= 15 is 0 Å². The molecule has 8 aromatic carbocycles. The zero-order valence-electron chi connectivity index (χ0n) is 31.2. The van der Waals surface area contributed by atoms with Gasteiger partial charge in [-0.1, -0.05) is 170 Å². The van der Waals surface area contributed by atoms with E-state index in [0.29, 0.717) is 5.71 Å². The Morgan fingerprint density at radius 3 is 1.61 bits per heavy atom. The number of para-hydroxylation sites is 2. The van der Waals surface area contributed by atoms with Crippen molar-refractivity contribution in [3.8, 4) is 39.3 Å². The largest absolute Gasteiger partial charge is 0.309 e. The van der Waals surface area contributed by atoms with Gasteiger partial charge in [-0.2, -0.15) is 0 Å². The van der Waals surface area contributed by atoms with Gasteiger partial charge in [-0.05, 0) is 92.7 Å². The highest BCUT2D eigenvalue weighted by molar-refractivity contribution is 6.14. The third-order valence-electron chi connectivity index (χ3n) is 10.9. The van der Waals surface area contributed by atoms with Crippen LogP contribution in [0, 0.1) is 5.41 Å². The minimum Gasteiger partial charge on any atom is -0.309 e. The third-order valence-corrected chi connectivity index (χ3v) is 10.9. The lowest BCUT2D eigenvalue weighted by Crippen LogP contribution is -1.98. The molecule has 0 aliphatic heterocycles. The predicted octanol–water partition coefficient (Wildman–Crippen LogP) is 13.8. The number of allylic oxidation sites excluding steroid dienone is 1. The van der Waals surface area contributed by atoms with E-state index in [1.54, 1.807) is 0 Å². The van der Waals surface area contributed by atoms with Gasteiger partial charge in [0.15, 0.2) is 0 Å². The first-order valence-electron chi connectivity index (χ1n) is 19.3. The SMILES string of the molecule is N=C(/C=C(/c1ccccc1)c1cccc2ccc(-c3cc(-c4ccccc4)nc(-c4ccc(-n5c6ccccc6c6ccccc65)cc4)c3)cc12)c1ccccc1. The molecule has 0 spiro atoms. The quantitative estimate of drug-likeness (QED) is 0.156. The van der Waals surface area contributed by atoms with E-state index in [9.17, 15) is 0 Å². The fourth-order valence-electron chi connectivity index (χ4n) is 8.05.